The number of carbonyl (C=O) groups is 1. The number of hydrogen-bond acceptors (Lipinski definition) is 7. The summed E-state index contributed by atoms with van der Waals surface area (Å²) < 4.78 is 0. The second-order valence-corrected chi connectivity index (χ2v) is 5.43. The average Bonchev–Trinajstić information content (AvgIpc) is 2.98. The van der Waals surface area contributed by atoms with Gasteiger partial charge in [-0.05, 0) is 6.07 Å². The number of ketones is 1. The minimum absolute atomic E-state index is 0.0174. The third-order valence-electron chi connectivity index (χ3n) is 3.24. The molecule has 1 aliphatic rings. The molecule has 20 heavy (non-hydrogen) atoms. The fourth-order valence-electron chi connectivity index (χ4n) is 2.12. The first-order chi connectivity index (χ1) is 9.74. The van der Waals surface area contributed by atoms with Gasteiger partial charge in [-0.2, -0.15) is 0 Å². The molecule has 6 nitrogen and oxygen atoms in total. The van der Waals surface area contributed by atoms with Gasteiger partial charge in [0.05, 0.1) is 0 Å². The van der Waals surface area contributed by atoms with E-state index in [1.54, 1.807) is 19.3 Å². The monoisotopic (exact) mass is 289 g/mol. The molecule has 104 valence electrons. The molecule has 1 aliphatic heterocycles. The molecule has 3 heterocycles. The Hall–Kier alpha value is -2.02. The normalized spacial score (nSPS) is 15.4. The van der Waals surface area contributed by atoms with Crippen LogP contribution in [0.4, 0.5) is 11.1 Å². The van der Waals surface area contributed by atoms with E-state index in [-0.39, 0.29) is 5.78 Å². The van der Waals surface area contributed by atoms with Crippen molar-refractivity contribution in [2.45, 2.75) is 6.92 Å². The van der Waals surface area contributed by atoms with Gasteiger partial charge in [0.1, 0.15) is 5.69 Å². The third kappa shape index (κ3) is 2.62. The fraction of sp³-hybridized carbons (Fsp3) is 0.385. The lowest BCUT2D eigenvalue weighted by molar-refractivity contribution is 0.101. The molecule has 1 fully saturated rings. The molecule has 0 radical (unpaired) electrons. The first-order valence-electron chi connectivity index (χ1n) is 6.47. The topological polar surface area (TPSA) is 62.2 Å². The molecule has 0 N–H and O–H groups in total. The molecular formula is C13H15N5OS. The summed E-state index contributed by atoms with van der Waals surface area (Å²) in [5.74, 6) is 0.791. The molecule has 0 aliphatic carbocycles. The van der Waals surface area contributed by atoms with Crippen molar-refractivity contribution in [3.05, 3.63) is 29.5 Å². The molecule has 7 heteroatoms. The standard InChI is InChI=1S/C13H15N5OS/c1-10(19)11-9-20-13(16-11)18-7-5-17(6-8-18)12-14-3-2-4-15-12/h2-4,9H,5-8H2,1H3. The molecule has 3 rings (SSSR count). The van der Waals surface area contributed by atoms with Crippen LogP contribution in [-0.4, -0.2) is 46.9 Å². The van der Waals surface area contributed by atoms with Crippen molar-refractivity contribution in [3.63, 3.8) is 0 Å². The van der Waals surface area contributed by atoms with Crippen LogP contribution in [-0.2, 0) is 0 Å². The number of rotatable bonds is 3. The van der Waals surface area contributed by atoms with Gasteiger partial charge in [0.2, 0.25) is 5.95 Å². The summed E-state index contributed by atoms with van der Waals surface area (Å²) in [5, 5.41) is 2.74. The van der Waals surface area contributed by atoms with E-state index >= 15 is 0 Å². The fourth-order valence-corrected chi connectivity index (χ4v) is 3.04. The quantitative estimate of drug-likeness (QED) is 0.797. The van der Waals surface area contributed by atoms with Crippen LogP contribution in [0.15, 0.2) is 23.8 Å². The highest BCUT2D eigenvalue weighted by atomic mass is 32.1. The van der Waals surface area contributed by atoms with Crippen molar-refractivity contribution in [1.29, 1.82) is 0 Å². The van der Waals surface area contributed by atoms with Crippen LogP contribution in [0.3, 0.4) is 0 Å². The molecule has 0 unspecified atom stereocenters. The largest absolute Gasteiger partial charge is 0.345 e. The van der Waals surface area contributed by atoms with Crippen LogP contribution in [0.2, 0.25) is 0 Å². The zero-order valence-electron chi connectivity index (χ0n) is 11.2. The molecule has 0 spiro atoms. The summed E-state index contributed by atoms with van der Waals surface area (Å²) in [6, 6.07) is 1.82. The Morgan fingerprint density at radius 1 is 1.15 bits per heavy atom. The van der Waals surface area contributed by atoms with E-state index in [4.69, 9.17) is 0 Å². The van der Waals surface area contributed by atoms with Crippen molar-refractivity contribution in [2.75, 3.05) is 36.0 Å². The number of hydrogen-bond donors (Lipinski definition) is 0. The third-order valence-corrected chi connectivity index (χ3v) is 4.14. The predicted octanol–water partition coefficient (Wildman–Crippen LogP) is 1.46. The van der Waals surface area contributed by atoms with Gasteiger partial charge < -0.3 is 9.80 Å². The molecule has 2 aromatic heterocycles. The summed E-state index contributed by atoms with van der Waals surface area (Å²) >= 11 is 1.53. The van der Waals surface area contributed by atoms with Crippen LogP contribution >= 0.6 is 11.3 Å². The highest BCUT2D eigenvalue weighted by molar-refractivity contribution is 7.13. The second-order valence-electron chi connectivity index (χ2n) is 4.59. The lowest BCUT2D eigenvalue weighted by Gasteiger charge is -2.34. The number of Topliss-reactive ketones (excluding diaryl/α,β-unsaturated/α-hetero) is 1. The molecule has 2 aromatic rings. The Morgan fingerprint density at radius 3 is 2.40 bits per heavy atom. The summed E-state index contributed by atoms with van der Waals surface area (Å²) in [4.78, 5) is 28.6. The first-order valence-corrected chi connectivity index (χ1v) is 7.35. The smallest absolute Gasteiger partial charge is 0.225 e. The maximum Gasteiger partial charge on any atom is 0.225 e. The molecular weight excluding hydrogens is 274 g/mol. The van der Waals surface area contributed by atoms with Crippen LogP contribution in [0.5, 0.6) is 0 Å². The summed E-state index contributed by atoms with van der Waals surface area (Å²) in [5.41, 5.74) is 0.554. The maximum absolute atomic E-state index is 11.3. The first kappa shape index (κ1) is 13.0. The van der Waals surface area contributed by atoms with E-state index < -0.39 is 0 Å². The van der Waals surface area contributed by atoms with Gasteiger partial charge in [0.15, 0.2) is 10.9 Å². The zero-order valence-corrected chi connectivity index (χ0v) is 12.0. The Balaban J connectivity index is 1.65. The van der Waals surface area contributed by atoms with E-state index in [1.165, 1.54) is 11.3 Å². The number of carbonyl (C=O) groups excluding carboxylic acids is 1. The van der Waals surface area contributed by atoms with E-state index in [0.717, 1.165) is 37.3 Å². The summed E-state index contributed by atoms with van der Waals surface area (Å²) in [6.07, 6.45) is 3.52. The molecule has 1 saturated heterocycles. The van der Waals surface area contributed by atoms with Crippen molar-refractivity contribution < 1.29 is 4.79 Å². The number of nitrogens with zero attached hydrogens (tertiary/aromatic N) is 5. The van der Waals surface area contributed by atoms with Crippen LogP contribution in [0.1, 0.15) is 17.4 Å². The van der Waals surface area contributed by atoms with E-state index in [1.807, 2.05) is 11.4 Å². The molecule has 0 atom stereocenters. The molecule has 0 aromatic carbocycles. The molecule has 0 amide bonds. The van der Waals surface area contributed by atoms with Crippen molar-refractivity contribution in [3.8, 4) is 0 Å². The van der Waals surface area contributed by atoms with Crippen molar-refractivity contribution >= 4 is 28.2 Å². The van der Waals surface area contributed by atoms with Gasteiger partial charge in [-0.25, -0.2) is 15.0 Å². The lowest BCUT2D eigenvalue weighted by Crippen LogP contribution is -2.47. The van der Waals surface area contributed by atoms with Gasteiger partial charge in [-0.1, -0.05) is 0 Å². The number of anilines is 2. The van der Waals surface area contributed by atoms with Gasteiger partial charge >= 0.3 is 0 Å². The second kappa shape index (κ2) is 5.54. The minimum Gasteiger partial charge on any atom is -0.345 e. The van der Waals surface area contributed by atoms with Gasteiger partial charge in [0, 0.05) is 50.9 Å². The predicted molar refractivity (Wildman–Crippen MR) is 78.6 cm³/mol. The molecule has 0 bridgehead atoms. The highest BCUT2D eigenvalue weighted by Gasteiger charge is 2.21. The van der Waals surface area contributed by atoms with Crippen molar-refractivity contribution in [1.82, 2.24) is 15.0 Å². The number of piperazine rings is 1. The SMILES string of the molecule is CC(=O)c1csc(N2CCN(c3ncccn3)CC2)n1. The number of thiazole rings is 1. The van der Waals surface area contributed by atoms with E-state index in [0.29, 0.717) is 5.69 Å². The van der Waals surface area contributed by atoms with E-state index in [9.17, 15) is 4.79 Å². The summed E-state index contributed by atoms with van der Waals surface area (Å²) in [7, 11) is 0. The highest BCUT2D eigenvalue weighted by Crippen LogP contribution is 2.22. The Bertz CT molecular complexity index is 592. The summed E-state index contributed by atoms with van der Waals surface area (Å²) in [6.45, 7) is 4.99. The Kier molecular flexibility index (Phi) is 3.60. The van der Waals surface area contributed by atoms with Crippen LogP contribution in [0.25, 0.3) is 0 Å². The maximum atomic E-state index is 11.3. The lowest BCUT2D eigenvalue weighted by atomic mass is 10.3. The van der Waals surface area contributed by atoms with E-state index in [2.05, 4.69) is 24.8 Å². The van der Waals surface area contributed by atoms with Gasteiger partial charge in [0.25, 0.3) is 0 Å². The van der Waals surface area contributed by atoms with Gasteiger partial charge in [-0.15, -0.1) is 11.3 Å². The Morgan fingerprint density at radius 2 is 1.80 bits per heavy atom. The average molecular weight is 289 g/mol. The van der Waals surface area contributed by atoms with Crippen LogP contribution in [0, 0.1) is 0 Å². The minimum atomic E-state index is 0.0174. The van der Waals surface area contributed by atoms with Gasteiger partial charge in [-0.3, -0.25) is 4.79 Å². The van der Waals surface area contributed by atoms with Crippen LogP contribution < -0.4 is 9.80 Å². The zero-order chi connectivity index (χ0) is 13.9. The van der Waals surface area contributed by atoms with Crippen molar-refractivity contribution in [2.24, 2.45) is 0 Å². The molecule has 0 saturated carbocycles. The Labute approximate surface area is 121 Å². The number of aromatic nitrogens is 3.